The van der Waals surface area contributed by atoms with Gasteiger partial charge in [-0.05, 0) is 50.3 Å². The third-order valence-corrected chi connectivity index (χ3v) is 4.31. The van der Waals surface area contributed by atoms with Gasteiger partial charge in [0.05, 0.1) is 23.1 Å². The van der Waals surface area contributed by atoms with Crippen LogP contribution in [-0.2, 0) is 11.2 Å². The van der Waals surface area contributed by atoms with Gasteiger partial charge in [-0.3, -0.25) is 4.79 Å². The summed E-state index contributed by atoms with van der Waals surface area (Å²) in [6, 6.07) is 12.9. The number of benzene rings is 2. The number of nitrogens with zero attached hydrogens (tertiary/aromatic N) is 1. The second kappa shape index (κ2) is 9.66. The monoisotopic (exact) mass is 380 g/mol. The molecule has 0 bridgehead atoms. The number of carbonyl (C=O) groups is 1. The Balaban J connectivity index is 1.75. The molecule has 0 aliphatic heterocycles. The third-order valence-electron chi connectivity index (χ3n) is 3.57. The number of hydrogen-bond acceptors (Lipinski definition) is 3. The molecule has 0 spiro atoms. The van der Waals surface area contributed by atoms with Crippen molar-refractivity contribution in [1.29, 1.82) is 0 Å². The van der Waals surface area contributed by atoms with Gasteiger partial charge in [0, 0.05) is 18.3 Å². The van der Waals surface area contributed by atoms with E-state index in [1.165, 1.54) is 5.56 Å². The van der Waals surface area contributed by atoms with Crippen molar-refractivity contribution in [3.8, 4) is 5.75 Å². The zero-order valence-corrected chi connectivity index (χ0v) is 15.9. The molecule has 1 amide bonds. The Morgan fingerprint density at radius 1 is 1.08 bits per heavy atom. The predicted octanol–water partition coefficient (Wildman–Crippen LogP) is 4.51. The summed E-state index contributed by atoms with van der Waals surface area (Å²) in [5, 5.41) is 3.77. The number of ether oxygens (including phenoxy) is 1. The molecule has 4 nitrogen and oxygen atoms in total. The zero-order chi connectivity index (χ0) is 18.2. The van der Waals surface area contributed by atoms with Crippen molar-refractivity contribution in [2.45, 2.75) is 12.8 Å². The third kappa shape index (κ3) is 6.94. The largest absolute Gasteiger partial charge is 0.493 e. The Morgan fingerprint density at radius 3 is 2.44 bits per heavy atom. The molecule has 0 saturated heterocycles. The second-order valence-electron chi connectivity index (χ2n) is 5.97. The fraction of sp³-hybridized carbons (Fsp3) is 0.316. The van der Waals surface area contributed by atoms with Gasteiger partial charge in [-0.1, -0.05) is 35.3 Å². The predicted molar refractivity (Wildman–Crippen MR) is 104 cm³/mol. The molecule has 0 radical (unpaired) electrons. The highest BCUT2D eigenvalue weighted by Gasteiger charge is 2.05. The van der Waals surface area contributed by atoms with Crippen LogP contribution in [0.2, 0.25) is 10.0 Å². The number of hydrogen-bond donors (Lipinski definition) is 1. The van der Waals surface area contributed by atoms with E-state index in [9.17, 15) is 4.79 Å². The average molecular weight is 381 g/mol. The van der Waals surface area contributed by atoms with Crippen molar-refractivity contribution in [3.05, 3.63) is 58.1 Å². The molecule has 134 valence electrons. The van der Waals surface area contributed by atoms with Gasteiger partial charge in [0.25, 0.3) is 0 Å². The van der Waals surface area contributed by atoms with Crippen LogP contribution in [0.5, 0.6) is 5.75 Å². The van der Waals surface area contributed by atoms with Crippen LogP contribution in [0.3, 0.4) is 0 Å². The SMILES string of the molecule is CN(C)CCc1ccc(NC(=O)CCOc2ccc(Cl)c(Cl)c2)cc1. The molecule has 2 aromatic rings. The molecule has 2 rings (SSSR count). The van der Waals surface area contributed by atoms with Gasteiger partial charge in [-0.2, -0.15) is 0 Å². The molecule has 0 aliphatic carbocycles. The van der Waals surface area contributed by atoms with E-state index >= 15 is 0 Å². The maximum absolute atomic E-state index is 12.0. The maximum atomic E-state index is 12.0. The van der Waals surface area contributed by atoms with Crippen molar-refractivity contribution in [2.75, 3.05) is 32.6 Å². The molecular weight excluding hydrogens is 359 g/mol. The summed E-state index contributed by atoms with van der Waals surface area (Å²) in [5.74, 6) is 0.494. The number of halogens is 2. The number of amides is 1. The van der Waals surface area contributed by atoms with Crippen LogP contribution in [0.4, 0.5) is 5.69 Å². The van der Waals surface area contributed by atoms with Crippen molar-refractivity contribution in [2.24, 2.45) is 0 Å². The zero-order valence-electron chi connectivity index (χ0n) is 14.4. The van der Waals surface area contributed by atoms with Gasteiger partial charge in [0.2, 0.25) is 5.91 Å². The number of anilines is 1. The standard InChI is InChI=1S/C19H22Cl2N2O2/c1-23(2)11-9-14-3-5-15(6-4-14)22-19(24)10-12-25-16-7-8-17(20)18(21)13-16/h3-8,13H,9-12H2,1-2H3,(H,22,24). The fourth-order valence-electron chi connectivity index (χ4n) is 2.16. The van der Waals surface area contributed by atoms with Crippen LogP contribution < -0.4 is 10.1 Å². The van der Waals surface area contributed by atoms with Crippen molar-refractivity contribution in [3.63, 3.8) is 0 Å². The number of rotatable bonds is 8. The Kier molecular flexibility index (Phi) is 7.56. The van der Waals surface area contributed by atoms with E-state index in [1.807, 2.05) is 24.3 Å². The lowest BCUT2D eigenvalue weighted by atomic mass is 10.1. The highest BCUT2D eigenvalue weighted by Crippen LogP contribution is 2.26. The number of carbonyl (C=O) groups excluding carboxylic acids is 1. The summed E-state index contributed by atoms with van der Waals surface area (Å²) in [6.45, 7) is 1.27. The van der Waals surface area contributed by atoms with E-state index in [0.29, 0.717) is 15.8 Å². The first kappa shape index (κ1) is 19.6. The van der Waals surface area contributed by atoms with Gasteiger partial charge in [0.1, 0.15) is 5.75 Å². The molecule has 0 aromatic heterocycles. The Bertz CT molecular complexity index is 703. The lowest BCUT2D eigenvalue weighted by molar-refractivity contribution is -0.116. The van der Waals surface area contributed by atoms with Crippen LogP contribution in [0.1, 0.15) is 12.0 Å². The van der Waals surface area contributed by atoms with Gasteiger partial charge in [-0.25, -0.2) is 0 Å². The first-order chi connectivity index (χ1) is 11.9. The molecule has 0 heterocycles. The summed E-state index contributed by atoms with van der Waals surface area (Å²) >= 11 is 11.8. The van der Waals surface area contributed by atoms with Crippen molar-refractivity contribution in [1.82, 2.24) is 4.90 Å². The van der Waals surface area contributed by atoms with Crippen LogP contribution in [0, 0.1) is 0 Å². The fourth-order valence-corrected chi connectivity index (χ4v) is 2.45. The summed E-state index contributed by atoms with van der Waals surface area (Å²) in [7, 11) is 4.10. The molecular formula is C19H22Cl2N2O2. The Labute approximate surface area is 158 Å². The normalized spacial score (nSPS) is 10.8. The van der Waals surface area contributed by atoms with E-state index < -0.39 is 0 Å². The van der Waals surface area contributed by atoms with Gasteiger partial charge in [-0.15, -0.1) is 0 Å². The summed E-state index contributed by atoms with van der Waals surface area (Å²) in [4.78, 5) is 14.1. The Hall–Kier alpha value is -1.75. The number of likely N-dealkylation sites (N-methyl/N-ethyl adjacent to an activating group) is 1. The van der Waals surface area contributed by atoms with Crippen molar-refractivity contribution >= 4 is 34.8 Å². The molecule has 0 saturated carbocycles. The molecule has 1 N–H and O–H groups in total. The first-order valence-electron chi connectivity index (χ1n) is 8.05. The maximum Gasteiger partial charge on any atom is 0.227 e. The molecule has 0 unspecified atom stereocenters. The van der Waals surface area contributed by atoms with E-state index in [1.54, 1.807) is 18.2 Å². The van der Waals surface area contributed by atoms with Crippen LogP contribution in [0.15, 0.2) is 42.5 Å². The van der Waals surface area contributed by atoms with Crippen LogP contribution in [-0.4, -0.2) is 38.1 Å². The molecule has 0 fully saturated rings. The summed E-state index contributed by atoms with van der Waals surface area (Å²) in [5.41, 5.74) is 2.03. The van der Waals surface area contributed by atoms with Crippen LogP contribution in [0.25, 0.3) is 0 Å². The van der Waals surface area contributed by atoms with Gasteiger partial charge in [0.15, 0.2) is 0 Å². The number of nitrogens with one attached hydrogen (secondary N) is 1. The smallest absolute Gasteiger partial charge is 0.227 e. The highest BCUT2D eigenvalue weighted by molar-refractivity contribution is 6.42. The van der Waals surface area contributed by atoms with E-state index in [-0.39, 0.29) is 18.9 Å². The molecule has 0 aliphatic rings. The lowest BCUT2D eigenvalue weighted by Crippen LogP contribution is -2.16. The molecule has 25 heavy (non-hydrogen) atoms. The van der Waals surface area contributed by atoms with Gasteiger partial charge >= 0.3 is 0 Å². The highest BCUT2D eigenvalue weighted by atomic mass is 35.5. The summed E-state index contributed by atoms with van der Waals surface area (Å²) in [6.07, 6.45) is 1.24. The van der Waals surface area contributed by atoms with E-state index in [4.69, 9.17) is 27.9 Å². The quantitative estimate of drug-likeness (QED) is 0.732. The van der Waals surface area contributed by atoms with E-state index in [2.05, 4.69) is 24.3 Å². The van der Waals surface area contributed by atoms with Gasteiger partial charge < -0.3 is 15.0 Å². The minimum atomic E-state index is -0.0962. The van der Waals surface area contributed by atoms with Crippen molar-refractivity contribution < 1.29 is 9.53 Å². The minimum absolute atomic E-state index is 0.0962. The molecule has 6 heteroatoms. The molecule has 0 atom stereocenters. The minimum Gasteiger partial charge on any atom is -0.493 e. The summed E-state index contributed by atoms with van der Waals surface area (Å²) < 4.78 is 5.52. The van der Waals surface area contributed by atoms with Crippen LogP contribution >= 0.6 is 23.2 Å². The Morgan fingerprint density at radius 2 is 1.80 bits per heavy atom. The second-order valence-corrected chi connectivity index (χ2v) is 6.79. The first-order valence-corrected chi connectivity index (χ1v) is 8.81. The topological polar surface area (TPSA) is 41.6 Å². The lowest BCUT2D eigenvalue weighted by Gasteiger charge is -2.10. The average Bonchev–Trinajstić information content (AvgIpc) is 2.57. The van der Waals surface area contributed by atoms with E-state index in [0.717, 1.165) is 18.7 Å². The molecule has 2 aromatic carbocycles.